The summed E-state index contributed by atoms with van der Waals surface area (Å²) in [7, 11) is 2.84. The fourth-order valence-corrected chi connectivity index (χ4v) is 5.15. The van der Waals surface area contributed by atoms with Crippen LogP contribution in [-0.2, 0) is 35.1 Å². The molecule has 3 rings (SSSR count). The zero-order valence-electron chi connectivity index (χ0n) is 26.4. The molecule has 0 aliphatic carbocycles. The molecule has 0 unspecified atom stereocenters. The summed E-state index contributed by atoms with van der Waals surface area (Å²) in [4.78, 5) is 55.2. The molecule has 3 N–H and O–H groups in total. The van der Waals surface area contributed by atoms with E-state index in [1.54, 1.807) is 44.2 Å². The fourth-order valence-electron chi connectivity index (χ4n) is 4.95. The topological polar surface area (TPSA) is 134 Å². The molecule has 0 aromatic heterocycles. The van der Waals surface area contributed by atoms with Crippen molar-refractivity contribution in [3.05, 3.63) is 82.0 Å². The van der Waals surface area contributed by atoms with E-state index in [2.05, 4.69) is 16.7 Å². The van der Waals surface area contributed by atoms with Crippen molar-refractivity contribution in [1.82, 2.24) is 15.5 Å². The number of ether oxygens (including phenoxy) is 2. The van der Waals surface area contributed by atoms with Crippen LogP contribution < -0.4 is 10.6 Å². The van der Waals surface area contributed by atoms with Gasteiger partial charge in [-0.2, -0.15) is 0 Å². The molecule has 2 aromatic carbocycles. The van der Waals surface area contributed by atoms with Crippen molar-refractivity contribution >= 4 is 41.1 Å². The number of likely N-dealkylation sites (N-methyl/N-ethyl adjacent to an activating group) is 1. The lowest BCUT2D eigenvalue weighted by atomic mass is 10.0. The molecule has 11 heteroatoms. The SMILES string of the molecule is CO/C(=C1/NC(=O)[C@@H](Cc2ccc(O)c(Cl)c2)N(C)C(=O)[C@H](C)NC(=O)CCCC=C(C)CC[C@H](C)OC1=O)c1ccccc1. The van der Waals surface area contributed by atoms with Crippen molar-refractivity contribution in [2.75, 3.05) is 14.2 Å². The number of hydrogen-bond donors (Lipinski definition) is 3. The van der Waals surface area contributed by atoms with Crippen molar-refractivity contribution in [3.63, 3.8) is 0 Å². The Balaban J connectivity index is 2.09. The maximum absolute atomic E-state index is 14.1. The Bertz CT molecular complexity index is 1440. The number of phenols is 1. The molecule has 1 heterocycles. The number of amides is 3. The van der Waals surface area contributed by atoms with Crippen LogP contribution in [0.25, 0.3) is 5.76 Å². The van der Waals surface area contributed by atoms with Crippen LogP contribution in [0.15, 0.2) is 65.9 Å². The molecule has 0 spiro atoms. The Morgan fingerprint density at radius 2 is 1.80 bits per heavy atom. The minimum absolute atomic E-state index is 0.0218. The van der Waals surface area contributed by atoms with Gasteiger partial charge in [0.25, 0.3) is 0 Å². The zero-order valence-corrected chi connectivity index (χ0v) is 27.1. The first-order valence-electron chi connectivity index (χ1n) is 15.0. The number of methoxy groups -OCH3 is 1. The van der Waals surface area contributed by atoms with Crippen LogP contribution in [-0.4, -0.2) is 66.0 Å². The molecule has 0 fully saturated rings. The minimum Gasteiger partial charge on any atom is -0.506 e. The summed E-state index contributed by atoms with van der Waals surface area (Å²) in [5.74, 6) is -2.33. The zero-order chi connectivity index (χ0) is 33.1. The largest absolute Gasteiger partial charge is 0.506 e. The summed E-state index contributed by atoms with van der Waals surface area (Å²) in [6.45, 7) is 5.31. The quantitative estimate of drug-likeness (QED) is 0.188. The third-order valence-electron chi connectivity index (χ3n) is 7.58. The van der Waals surface area contributed by atoms with Crippen LogP contribution >= 0.6 is 11.6 Å². The van der Waals surface area contributed by atoms with Crippen LogP contribution in [0.1, 0.15) is 64.0 Å². The molecule has 1 aliphatic rings. The molecule has 0 saturated heterocycles. The highest BCUT2D eigenvalue weighted by molar-refractivity contribution is 6.32. The molecule has 10 nitrogen and oxygen atoms in total. The van der Waals surface area contributed by atoms with Gasteiger partial charge in [-0.1, -0.05) is 59.6 Å². The minimum atomic E-state index is -1.17. The average Bonchev–Trinajstić information content (AvgIpc) is 3.01. The van der Waals surface area contributed by atoms with Crippen LogP contribution in [0.3, 0.4) is 0 Å². The summed E-state index contributed by atoms with van der Waals surface area (Å²) in [5.41, 5.74) is 1.96. The average molecular weight is 640 g/mol. The Morgan fingerprint density at radius 1 is 1.09 bits per heavy atom. The number of phenolic OH excluding ortho intramolecular Hbond substituents is 1. The maximum atomic E-state index is 14.1. The van der Waals surface area contributed by atoms with Crippen molar-refractivity contribution in [2.45, 2.75) is 77.5 Å². The Hall–Kier alpha value is -4.31. The second kappa shape index (κ2) is 16.7. The predicted molar refractivity (Wildman–Crippen MR) is 172 cm³/mol. The highest BCUT2D eigenvalue weighted by atomic mass is 35.5. The molecular formula is C34H42ClN3O7. The molecule has 0 bridgehead atoms. The summed E-state index contributed by atoms with van der Waals surface area (Å²) in [5, 5.41) is 15.4. The lowest BCUT2D eigenvalue weighted by molar-refractivity contribution is -0.146. The van der Waals surface area contributed by atoms with Crippen molar-refractivity contribution in [3.8, 4) is 5.75 Å². The summed E-state index contributed by atoms with van der Waals surface area (Å²) in [6, 6.07) is 11.2. The van der Waals surface area contributed by atoms with E-state index in [1.807, 2.05) is 13.0 Å². The third kappa shape index (κ3) is 10.1. The number of allylic oxidation sites excluding steroid dienone is 2. The van der Waals surface area contributed by atoms with Gasteiger partial charge in [-0.05, 0) is 64.2 Å². The van der Waals surface area contributed by atoms with Crippen LogP contribution in [0.5, 0.6) is 5.75 Å². The maximum Gasteiger partial charge on any atom is 0.359 e. The molecule has 242 valence electrons. The van der Waals surface area contributed by atoms with E-state index >= 15 is 0 Å². The highest BCUT2D eigenvalue weighted by Crippen LogP contribution is 2.26. The molecule has 2 aromatic rings. The second-order valence-electron chi connectivity index (χ2n) is 11.2. The number of halogens is 1. The van der Waals surface area contributed by atoms with E-state index in [9.17, 15) is 24.3 Å². The van der Waals surface area contributed by atoms with E-state index in [4.69, 9.17) is 21.1 Å². The van der Waals surface area contributed by atoms with Gasteiger partial charge in [0.2, 0.25) is 17.7 Å². The van der Waals surface area contributed by atoms with E-state index in [1.165, 1.54) is 31.2 Å². The van der Waals surface area contributed by atoms with Gasteiger partial charge in [0.05, 0.1) is 18.2 Å². The van der Waals surface area contributed by atoms with Crippen LogP contribution in [0.2, 0.25) is 5.02 Å². The molecule has 1 aliphatic heterocycles. The van der Waals surface area contributed by atoms with Gasteiger partial charge in [-0.25, -0.2) is 4.79 Å². The number of esters is 1. The van der Waals surface area contributed by atoms with E-state index in [0.717, 1.165) is 5.57 Å². The first-order valence-corrected chi connectivity index (χ1v) is 15.3. The smallest absolute Gasteiger partial charge is 0.359 e. The number of nitrogens with one attached hydrogen (secondary N) is 2. The monoisotopic (exact) mass is 639 g/mol. The normalized spacial score (nSPS) is 22.6. The molecule has 3 atom stereocenters. The Kier molecular flexibility index (Phi) is 13.0. The fraction of sp³-hybridized carbons (Fsp3) is 0.412. The molecule has 45 heavy (non-hydrogen) atoms. The van der Waals surface area contributed by atoms with Gasteiger partial charge >= 0.3 is 5.97 Å². The van der Waals surface area contributed by atoms with Crippen molar-refractivity contribution in [1.29, 1.82) is 0 Å². The molecular weight excluding hydrogens is 598 g/mol. The number of rotatable bonds is 4. The second-order valence-corrected chi connectivity index (χ2v) is 11.6. The van der Waals surface area contributed by atoms with Gasteiger partial charge in [-0.15, -0.1) is 0 Å². The Morgan fingerprint density at radius 3 is 2.47 bits per heavy atom. The standard InChI is InChI=1S/C34H42ClN3O7/c1-21-11-9-10-14-29(40)36-23(3)33(42)38(4)27(20-24-17-18-28(39)26(35)19-24)32(41)37-30(34(43)45-22(2)16-15-21)31(44-5)25-12-7-6-8-13-25/h6-8,11-13,17-19,22-23,27,39H,9-10,14-16,20H2,1-5H3,(H,36,40)(H,37,41)/b21-11?,31-30+/t22-,23-,27+/m0/s1. The lowest BCUT2D eigenvalue weighted by Crippen LogP contribution is -2.54. The summed E-state index contributed by atoms with van der Waals surface area (Å²) in [6.07, 6.45) is 4.29. The first-order chi connectivity index (χ1) is 21.4. The first kappa shape index (κ1) is 35.2. The van der Waals surface area contributed by atoms with E-state index in [0.29, 0.717) is 36.8 Å². The summed E-state index contributed by atoms with van der Waals surface area (Å²) >= 11 is 6.14. The van der Waals surface area contributed by atoms with E-state index in [-0.39, 0.29) is 41.0 Å². The van der Waals surface area contributed by atoms with Gasteiger partial charge in [-0.3, -0.25) is 14.4 Å². The van der Waals surface area contributed by atoms with E-state index < -0.39 is 36.0 Å². The third-order valence-corrected chi connectivity index (χ3v) is 7.88. The van der Waals surface area contributed by atoms with Crippen LogP contribution in [0, 0.1) is 0 Å². The predicted octanol–water partition coefficient (Wildman–Crippen LogP) is 4.89. The Labute approximate surface area is 269 Å². The summed E-state index contributed by atoms with van der Waals surface area (Å²) < 4.78 is 11.4. The van der Waals surface area contributed by atoms with Gasteiger partial charge in [0.1, 0.15) is 17.8 Å². The number of benzene rings is 2. The molecule has 3 amide bonds. The number of aromatic hydroxyl groups is 1. The number of hydrogen-bond acceptors (Lipinski definition) is 7. The van der Waals surface area contributed by atoms with Crippen molar-refractivity contribution < 1.29 is 33.8 Å². The number of carbonyl (C=O) groups excluding carboxylic acids is 4. The molecule has 0 radical (unpaired) electrons. The number of nitrogens with zero attached hydrogens (tertiary/aromatic N) is 1. The van der Waals surface area contributed by atoms with Gasteiger partial charge < -0.3 is 30.1 Å². The lowest BCUT2D eigenvalue weighted by Gasteiger charge is -2.30. The van der Waals surface area contributed by atoms with Crippen LogP contribution in [0.4, 0.5) is 0 Å². The van der Waals surface area contributed by atoms with Gasteiger partial charge in [0.15, 0.2) is 11.5 Å². The molecule has 0 saturated carbocycles. The van der Waals surface area contributed by atoms with Crippen molar-refractivity contribution in [2.24, 2.45) is 0 Å². The number of cyclic esters (lactones) is 1. The van der Waals surface area contributed by atoms with Gasteiger partial charge in [0, 0.05) is 25.5 Å². The highest BCUT2D eigenvalue weighted by Gasteiger charge is 2.33. The number of carbonyl (C=O) groups is 4.